The van der Waals surface area contributed by atoms with E-state index in [0.29, 0.717) is 0 Å². The first-order valence-corrected chi connectivity index (χ1v) is 4.16. The minimum absolute atomic E-state index is 0.718. The molecule has 0 aromatic heterocycles. The fourth-order valence-corrected chi connectivity index (χ4v) is 2.00. The van der Waals surface area contributed by atoms with Crippen LogP contribution < -0.4 is 0 Å². The number of benzene rings is 1. The van der Waals surface area contributed by atoms with Crippen molar-refractivity contribution in [3.63, 3.8) is 0 Å². The molecule has 0 fully saturated rings. The van der Waals surface area contributed by atoms with Crippen LogP contribution in [0.15, 0.2) is 24.3 Å². The summed E-state index contributed by atoms with van der Waals surface area (Å²) in [6, 6.07) is 8.11. The summed E-state index contributed by atoms with van der Waals surface area (Å²) in [5.74, 6) is 0.981. The van der Waals surface area contributed by atoms with E-state index in [2.05, 4.69) is 6.07 Å². The molecule has 1 heterocycles. The van der Waals surface area contributed by atoms with Gasteiger partial charge in [-0.2, -0.15) is 0 Å². The van der Waals surface area contributed by atoms with Crippen molar-refractivity contribution < 1.29 is 0 Å². The quantitative estimate of drug-likeness (QED) is 0.601. The lowest BCUT2D eigenvalue weighted by molar-refractivity contribution is 1.42. The number of rotatable bonds is 0. The highest BCUT2D eigenvalue weighted by molar-refractivity contribution is 8.14. The predicted molar refractivity (Wildman–Crippen MR) is 44.6 cm³/mol. The van der Waals surface area contributed by atoms with Gasteiger partial charge in [-0.1, -0.05) is 24.3 Å². The van der Waals surface area contributed by atoms with Gasteiger partial charge in [0.05, 0.1) is 5.04 Å². The van der Waals surface area contributed by atoms with Gasteiger partial charge >= 0.3 is 0 Å². The molecule has 1 N–H and O–H groups in total. The molecule has 1 nitrogen and oxygen atoms in total. The Balaban J connectivity index is 2.61. The van der Waals surface area contributed by atoms with Crippen LogP contribution >= 0.6 is 11.8 Å². The molecule has 0 atom stereocenters. The Labute approximate surface area is 64.0 Å². The van der Waals surface area contributed by atoms with E-state index in [1.807, 2.05) is 18.2 Å². The molecule has 0 unspecified atom stereocenters. The van der Waals surface area contributed by atoms with Gasteiger partial charge in [-0.15, -0.1) is 11.8 Å². The zero-order chi connectivity index (χ0) is 6.97. The van der Waals surface area contributed by atoms with Crippen molar-refractivity contribution in [2.75, 3.05) is 0 Å². The lowest BCUT2D eigenvalue weighted by Crippen LogP contribution is -1.85. The molecule has 50 valence electrons. The summed E-state index contributed by atoms with van der Waals surface area (Å²) in [4.78, 5) is 0. The topological polar surface area (TPSA) is 23.9 Å². The molecule has 1 aliphatic heterocycles. The third-order valence-electron chi connectivity index (χ3n) is 1.63. The number of thioether (sulfide) groups is 1. The van der Waals surface area contributed by atoms with Crippen LogP contribution in [0, 0.1) is 5.41 Å². The van der Waals surface area contributed by atoms with Crippen LogP contribution in [0.3, 0.4) is 0 Å². The van der Waals surface area contributed by atoms with Crippen molar-refractivity contribution in [3.8, 4) is 0 Å². The SMILES string of the molecule is N=C1SCc2ccccc21. The van der Waals surface area contributed by atoms with Crippen LogP contribution in [-0.2, 0) is 5.75 Å². The molecule has 0 aliphatic carbocycles. The number of hydrogen-bond acceptors (Lipinski definition) is 2. The van der Waals surface area contributed by atoms with Crippen molar-refractivity contribution in [2.45, 2.75) is 5.75 Å². The predicted octanol–water partition coefficient (Wildman–Crippen LogP) is 2.26. The van der Waals surface area contributed by atoms with Gasteiger partial charge in [-0.3, -0.25) is 5.41 Å². The molecule has 10 heavy (non-hydrogen) atoms. The molecule has 0 saturated carbocycles. The van der Waals surface area contributed by atoms with E-state index in [1.165, 1.54) is 5.56 Å². The van der Waals surface area contributed by atoms with Crippen LogP contribution in [0.4, 0.5) is 0 Å². The van der Waals surface area contributed by atoms with Crippen LogP contribution in [0.2, 0.25) is 0 Å². The van der Waals surface area contributed by atoms with Crippen molar-refractivity contribution in [3.05, 3.63) is 35.4 Å². The van der Waals surface area contributed by atoms with Gasteiger partial charge in [0, 0.05) is 11.3 Å². The van der Waals surface area contributed by atoms with Crippen molar-refractivity contribution in [2.24, 2.45) is 0 Å². The van der Waals surface area contributed by atoms with E-state index in [-0.39, 0.29) is 0 Å². The number of hydrogen-bond donors (Lipinski definition) is 1. The molecular formula is C8H7NS. The molecule has 2 heteroatoms. The zero-order valence-corrected chi connectivity index (χ0v) is 6.24. The van der Waals surface area contributed by atoms with Gasteiger partial charge in [-0.05, 0) is 5.56 Å². The Morgan fingerprint density at radius 3 is 2.90 bits per heavy atom. The third kappa shape index (κ3) is 0.762. The minimum Gasteiger partial charge on any atom is -0.293 e. The molecule has 1 aromatic rings. The van der Waals surface area contributed by atoms with Gasteiger partial charge in [0.25, 0.3) is 0 Å². The summed E-state index contributed by atoms with van der Waals surface area (Å²) in [6.07, 6.45) is 0. The Morgan fingerprint density at radius 1 is 1.30 bits per heavy atom. The van der Waals surface area contributed by atoms with E-state index in [4.69, 9.17) is 5.41 Å². The smallest absolute Gasteiger partial charge is 0.0948 e. The van der Waals surface area contributed by atoms with E-state index in [9.17, 15) is 0 Å². The largest absolute Gasteiger partial charge is 0.293 e. The summed E-state index contributed by atoms with van der Waals surface area (Å²) in [7, 11) is 0. The summed E-state index contributed by atoms with van der Waals surface area (Å²) < 4.78 is 0. The van der Waals surface area contributed by atoms with Gasteiger partial charge in [0.2, 0.25) is 0 Å². The molecule has 2 rings (SSSR count). The lowest BCUT2D eigenvalue weighted by Gasteiger charge is -1.92. The molecule has 1 aliphatic rings. The van der Waals surface area contributed by atoms with Gasteiger partial charge in [0.15, 0.2) is 0 Å². The van der Waals surface area contributed by atoms with Crippen LogP contribution in [0.25, 0.3) is 0 Å². The molecular weight excluding hydrogens is 142 g/mol. The monoisotopic (exact) mass is 149 g/mol. The number of fused-ring (bicyclic) bond motifs is 1. The van der Waals surface area contributed by atoms with Gasteiger partial charge < -0.3 is 0 Å². The first-order chi connectivity index (χ1) is 4.88. The summed E-state index contributed by atoms with van der Waals surface area (Å²) in [5.41, 5.74) is 2.42. The summed E-state index contributed by atoms with van der Waals surface area (Å²) in [5, 5.41) is 8.21. The molecule has 0 amide bonds. The highest BCUT2D eigenvalue weighted by Gasteiger charge is 2.14. The Kier molecular flexibility index (Phi) is 1.27. The van der Waals surface area contributed by atoms with Crippen molar-refractivity contribution in [1.82, 2.24) is 0 Å². The first-order valence-electron chi connectivity index (χ1n) is 3.17. The highest BCUT2D eigenvalue weighted by atomic mass is 32.2. The van der Waals surface area contributed by atoms with Crippen molar-refractivity contribution >= 4 is 16.8 Å². The molecule has 0 radical (unpaired) electrons. The summed E-state index contributed by atoms with van der Waals surface area (Å²) in [6.45, 7) is 0. The van der Waals surface area contributed by atoms with Gasteiger partial charge in [-0.25, -0.2) is 0 Å². The average Bonchev–Trinajstić information content (AvgIpc) is 2.34. The molecule has 0 saturated heterocycles. The summed E-state index contributed by atoms with van der Waals surface area (Å²) >= 11 is 1.61. The lowest BCUT2D eigenvalue weighted by atomic mass is 10.1. The minimum atomic E-state index is 0.718. The fourth-order valence-electron chi connectivity index (χ4n) is 1.10. The third-order valence-corrected chi connectivity index (χ3v) is 2.60. The van der Waals surface area contributed by atoms with E-state index < -0.39 is 0 Å². The second-order valence-electron chi connectivity index (χ2n) is 2.27. The van der Waals surface area contributed by atoms with E-state index in [0.717, 1.165) is 16.4 Å². The van der Waals surface area contributed by atoms with Crippen molar-refractivity contribution in [1.29, 1.82) is 5.41 Å². The van der Waals surface area contributed by atoms with Crippen LogP contribution in [0.5, 0.6) is 0 Å². The molecule has 0 bridgehead atoms. The Hall–Kier alpha value is -0.760. The second-order valence-corrected chi connectivity index (χ2v) is 3.26. The Morgan fingerprint density at radius 2 is 2.10 bits per heavy atom. The van der Waals surface area contributed by atoms with E-state index >= 15 is 0 Å². The maximum atomic E-state index is 7.49. The van der Waals surface area contributed by atoms with E-state index in [1.54, 1.807) is 11.8 Å². The first kappa shape index (κ1) is 5.98. The zero-order valence-electron chi connectivity index (χ0n) is 5.42. The maximum Gasteiger partial charge on any atom is 0.0948 e. The Bertz CT molecular complexity index is 280. The fraction of sp³-hybridized carbons (Fsp3) is 0.125. The molecule has 1 aromatic carbocycles. The van der Waals surface area contributed by atoms with Crippen LogP contribution in [-0.4, -0.2) is 5.04 Å². The highest BCUT2D eigenvalue weighted by Crippen LogP contribution is 2.28. The second kappa shape index (κ2) is 2.13. The number of nitrogens with one attached hydrogen (secondary N) is 1. The van der Waals surface area contributed by atoms with Crippen LogP contribution in [0.1, 0.15) is 11.1 Å². The standard InChI is InChI=1S/C8H7NS/c9-8-7-4-2-1-3-6(7)5-10-8/h1-4,9H,5H2. The molecule has 0 spiro atoms. The average molecular weight is 149 g/mol. The normalized spacial score (nSPS) is 15.4. The maximum absolute atomic E-state index is 7.49. The van der Waals surface area contributed by atoms with Gasteiger partial charge in [0.1, 0.15) is 0 Å².